The maximum absolute atomic E-state index is 11.5. The zero-order valence-electron chi connectivity index (χ0n) is 11.0. The number of benzene rings is 1. The fraction of sp³-hybridized carbons (Fsp3) is 0.400. The molecule has 0 heterocycles. The lowest BCUT2D eigenvalue weighted by Gasteiger charge is -2.22. The Morgan fingerprint density at radius 2 is 2.35 bits per heavy atom. The van der Waals surface area contributed by atoms with Crippen molar-refractivity contribution in [1.82, 2.24) is 0 Å². The minimum atomic E-state index is -0.210. The van der Waals surface area contributed by atoms with Crippen LogP contribution in [0.1, 0.15) is 37.3 Å². The second-order valence-corrected chi connectivity index (χ2v) is 5.07. The fourth-order valence-electron chi connectivity index (χ4n) is 3.11. The molecule has 1 unspecified atom stereocenters. The van der Waals surface area contributed by atoms with Gasteiger partial charge < -0.3 is 5.73 Å². The average molecular weight is 228 g/mol. The highest BCUT2D eigenvalue weighted by molar-refractivity contribution is 5.87. The van der Waals surface area contributed by atoms with E-state index >= 15 is 0 Å². The largest absolute Gasteiger partial charge is 0.369 e. The highest BCUT2D eigenvalue weighted by Gasteiger charge is 2.32. The summed E-state index contributed by atoms with van der Waals surface area (Å²) in [7, 11) is 0. The number of primary amides is 1. The van der Waals surface area contributed by atoms with E-state index in [2.05, 4.69) is 6.07 Å². The number of allylic oxidation sites excluding steroid dienone is 1. The number of hydrogen-bond donors (Lipinski definition) is 1. The van der Waals surface area contributed by atoms with E-state index in [0.717, 1.165) is 36.8 Å². The van der Waals surface area contributed by atoms with Gasteiger partial charge in [0.1, 0.15) is 0 Å². The zero-order valence-corrected chi connectivity index (χ0v) is 10.0. The van der Waals surface area contributed by atoms with Crippen molar-refractivity contribution >= 4 is 11.5 Å². The molecule has 0 aliphatic heterocycles. The molecule has 2 aliphatic carbocycles. The van der Waals surface area contributed by atoms with Crippen LogP contribution in [0.2, 0.25) is 0 Å². The molecule has 0 aromatic heterocycles. The number of hydrogen-bond acceptors (Lipinski definition) is 1. The first-order valence-electron chi connectivity index (χ1n) is 6.70. The van der Waals surface area contributed by atoms with E-state index < -0.39 is 0 Å². The van der Waals surface area contributed by atoms with Crippen LogP contribution in [0.25, 0.3) is 5.57 Å². The van der Waals surface area contributed by atoms with Crippen molar-refractivity contribution in [3.63, 3.8) is 0 Å². The van der Waals surface area contributed by atoms with Gasteiger partial charge in [-0.1, -0.05) is 23.7 Å². The molecule has 2 nitrogen and oxygen atoms in total. The molecular formula is C15H17NO. The van der Waals surface area contributed by atoms with Crippen LogP contribution in [0.15, 0.2) is 23.7 Å². The lowest BCUT2D eigenvalue weighted by molar-refractivity contribution is -0.121. The van der Waals surface area contributed by atoms with Crippen molar-refractivity contribution in [2.75, 3.05) is 0 Å². The number of fused-ring (bicyclic) bond motifs is 2. The molecule has 2 heteroatoms. The predicted molar refractivity (Wildman–Crippen MR) is 68.3 cm³/mol. The predicted octanol–water partition coefficient (Wildman–Crippen LogP) is 2.59. The van der Waals surface area contributed by atoms with E-state index in [9.17, 15) is 4.79 Å². The third-order valence-electron chi connectivity index (χ3n) is 3.93. The molecule has 0 spiro atoms. The topological polar surface area (TPSA) is 43.1 Å². The van der Waals surface area contributed by atoms with Crippen LogP contribution in [0.4, 0.5) is 0 Å². The lowest BCUT2D eigenvalue weighted by atomic mass is 9.82. The Balaban J connectivity index is 2.15. The summed E-state index contributed by atoms with van der Waals surface area (Å²) in [6.45, 7) is 1.97. The van der Waals surface area contributed by atoms with Gasteiger partial charge in [-0.25, -0.2) is 0 Å². The van der Waals surface area contributed by atoms with Gasteiger partial charge in [0.15, 0.2) is 0 Å². The monoisotopic (exact) mass is 228 g/mol. The van der Waals surface area contributed by atoms with Crippen molar-refractivity contribution in [1.29, 1.82) is 0 Å². The van der Waals surface area contributed by atoms with Gasteiger partial charge in [0, 0.05) is 0 Å². The van der Waals surface area contributed by atoms with Crippen LogP contribution in [-0.2, 0) is 11.2 Å². The molecule has 0 radical (unpaired) electrons. The minimum Gasteiger partial charge on any atom is -0.369 e. The Morgan fingerprint density at radius 3 is 3.12 bits per heavy atom. The molecule has 0 bridgehead atoms. The fourth-order valence-corrected chi connectivity index (χ4v) is 3.11. The number of rotatable bonds is 1. The molecule has 1 aromatic rings. The summed E-state index contributed by atoms with van der Waals surface area (Å²) >= 11 is 0. The van der Waals surface area contributed by atoms with Crippen molar-refractivity contribution < 1.29 is 6.17 Å². The molecule has 0 saturated heterocycles. The summed E-state index contributed by atoms with van der Waals surface area (Å²) in [4.78, 5) is 11.5. The third-order valence-corrected chi connectivity index (χ3v) is 3.93. The van der Waals surface area contributed by atoms with Gasteiger partial charge in [-0.05, 0) is 54.9 Å². The van der Waals surface area contributed by atoms with Gasteiger partial charge in [0.25, 0.3) is 0 Å². The number of amides is 1. The third kappa shape index (κ3) is 1.59. The summed E-state index contributed by atoms with van der Waals surface area (Å²) in [5, 5.41) is 0. The second-order valence-electron chi connectivity index (χ2n) is 5.07. The highest BCUT2D eigenvalue weighted by Crippen LogP contribution is 2.44. The lowest BCUT2D eigenvalue weighted by Crippen LogP contribution is -2.27. The van der Waals surface area contributed by atoms with Crippen LogP contribution >= 0.6 is 0 Å². The normalized spacial score (nSPS) is 23.1. The molecule has 3 rings (SSSR count). The van der Waals surface area contributed by atoms with Crippen LogP contribution in [-0.4, -0.2) is 5.91 Å². The van der Waals surface area contributed by atoms with Crippen molar-refractivity contribution in [3.8, 4) is 0 Å². The second kappa shape index (κ2) is 3.73. The summed E-state index contributed by atoms with van der Waals surface area (Å²) in [5.41, 5.74) is 11.2. The Kier molecular flexibility index (Phi) is 2.07. The summed E-state index contributed by atoms with van der Waals surface area (Å²) in [5.74, 6) is -0.320. The first-order chi connectivity index (χ1) is 8.59. The van der Waals surface area contributed by atoms with Gasteiger partial charge >= 0.3 is 0 Å². The molecule has 88 valence electrons. The number of carbonyl (C=O) groups is 1. The van der Waals surface area contributed by atoms with E-state index in [1.54, 1.807) is 0 Å². The first-order valence-corrected chi connectivity index (χ1v) is 6.20. The van der Waals surface area contributed by atoms with E-state index in [0.29, 0.717) is 6.04 Å². The Hall–Kier alpha value is -1.57. The van der Waals surface area contributed by atoms with E-state index in [1.807, 2.05) is 13.0 Å². The molecule has 1 aromatic carbocycles. The van der Waals surface area contributed by atoms with Crippen LogP contribution in [0.5, 0.6) is 0 Å². The van der Waals surface area contributed by atoms with E-state index in [1.165, 1.54) is 16.7 Å². The molecule has 0 fully saturated rings. The van der Waals surface area contributed by atoms with Crippen molar-refractivity contribution in [3.05, 3.63) is 40.4 Å². The van der Waals surface area contributed by atoms with Crippen LogP contribution in [0, 0.1) is 12.8 Å². The van der Waals surface area contributed by atoms with Gasteiger partial charge in [-0.2, -0.15) is 0 Å². The van der Waals surface area contributed by atoms with E-state index in [-0.39, 0.29) is 11.8 Å². The zero-order chi connectivity index (χ0) is 12.9. The minimum absolute atomic E-state index is 0.110. The van der Waals surface area contributed by atoms with Crippen LogP contribution < -0.4 is 5.73 Å². The first kappa shape index (κ1) is 9.46. The Morgan fingerprint density at radius 1 is 1.53 bits per heavy atom. The van der Waals surface area contributed by atoms with Crippen molar-refractivity contribution in [2.24, 2.45) is 11.7 Å². The summed E-state index contributed by atoms with van der Waals surface area (Å²) in [6.07, 6.45) is 3.67. The van der Waals surface area contributed by atoms with E-state index in [4.69, 9.17) is 7.10 Å². The smallest absolute Gasteiger partial charge is 0.224 e. The average Bonchev–Trinajstić information content (AvgIpc) is 2.72. The maximum Gasteiger partial charge on any atom is 0.224 e. The van der Waals surface area contributed by atoms with Crippen molar-refractivity contribution in [2.45, 2.75) is 32.6 Å². The van der Waals surface area contributed by atoms with Gasteiger partial charge in [-0.15, -0.1) is 0 Å². The van der Waals surface area contributed by atoms with Gasteiger partial charge in [0.2, 0.25) is 5.91 Å². The molecule has 1 amide bonds. The molecule has 2 aliphatic rings. The SMILES string of the molecule is [2H]c1c(C)ccc2c1C1=C(C2)C(C(N)=O)CCC1. The maximum atomic E-state index is 11.5. The number of carbonyl (C=O) groups excluding carboxylic acids is 1. The Bertz CT molecular complexity index is 574. The highest BCUT2D eigenvalue weighted by atomic mass is 16.1. The van der Waals surface area contributed by atoms with Gasteiger partial charge in [-0.3, -0.25) is 4.79 Å². The summed E-state index contributed by atoms with van der Waals surface area (Å²) in [6, 6.07) is 4.72. The van der Waals surface area contributed by atoms with Crippen LogP contribution in [0.3, 0.4) is 0 Å². The molecular weight excluding hydrogens is 210 g/mol. The molecule has 0 saturated carbocycles. The van der Waals surface area contributed by atoms with Gasteiger partial charge in [0.05, 0.1) is 7.29 Å². The summed E-state index contributed by atoms with van der Waals surface area (Å²) < 4.78 is 8.22. The number of aryl methyl sites for hydroxylation is 1. The standard InChI is InChI=1S/C15H17NO/c1-9-5-6-10-8-14-11(13(10)7-9)3-2-4-12(14)15(16)17/h5-7,12H,2-4,8H2,1H3,(H2,16,17)/i7D. The Labute approximate surface area is 103 Å². The molecule has 2 N–H and O–H groups in total. The molecule has 17 heavy (non-hydrogen) atoms. The number of nitrogens with two attached hydrogens (primary N) is 1. The quantitative estimate of drug-likeness (QED) is 0.788. The molecule has 1 atom stereocenters.